The minimum atomic E-state index is -0.137. The van der Waals surface area contributed by atoms with Crippen LogP contribution in [0.2, 0.25) is 0 Å². The van der Waals surface area contributed by atoms with Crippen molar-refractivity contribution in [3.8, 4) is 0 Å². The number of carbonyl (C=O) groups is 2. The first kappa shape index (κ1) is 16.6. The van der Waals surface area contributed by atoms with E-state index in [2.05, 4.69) is 10.1 Å². The summed E-state index contributed by atoms with van der Waals surface area (Å²) in [7, 11) is 0. The standard InChI is InChI=1S/C18H26N4O3/c1-12-16(13(2)25-19-12)11-20-5-7-21(8-6-20)18(24)14-9-17(23)22(10-14)15-3-4-15/h14-15H,3-11H2,1-2H3. The molecular formula is C18H26N4O3. The molecule has 136 valence electrons. The van der Waals surface area contributed by atoms with E-state index in [1.54, 1.807) is 0 Å². The predicted molar refractivity (Wildman–Crippen MR) is 90.7 cm³/mol. The predicted octanol–water partition coefficient (Wildman–Crippen LogP) is 0.947. The van der Waals surface area contributed by atoms with Crippen LogP contribution in [-0.4, -0.2) is 70.4 Å². The molecule has 2 aliphatic heterocycles. The van der Waals surface area contributed by atoms with Gasteiger partial charge in [0.25, 0.3) is 0 Å². The van der Waals surface area contributed by atoms with Crippen molar-refractivity contribution < 1.29 is 14.1 Å². The van der Waals surface area contributed by atoms with Crippen molar-refractivity contribution >= 4 is 11.8 Å². The Morgan fingerprint density at radius 2 is 1.92 bits per heavy atom. The zero-order chi connectivity index (χ0) is 17.6. The zero-order valence-electron chi connectivity index (χ0n) is 15.0. The van der Waals surface area contributed by atoms with Gasteiger partial charge in [0.2, 0.25) is 11.8 Å². The Labute approximate surface area is 147 Å². The normalized spacial score (nSPS) is 25.0. The van der Waals surface area contributed by atoms with Crippen molar-refractivity contribution in [1.29, 1.82) is 0 Å². The molecule has 0 radical (unpaired) electrons. The molecule has 2 saturated heterocycles. The Balaban J connectivity index is 1.30. The lowest BCUT2D eigenvalue weighted by atomic mass is 10.1. The largest absolute Gasteiger partial charge is 0.361 e. The fraction of sp³-hybridized carbons (Fsp3) is 0.722. The summed E-state index contributed by atoms with van der Waals surface area (Å²) in [6.45, 7) is 8.52. The van der Waals surface area contributed by atoms with Gasteiger partial charge in [-0.1, -0.05) is 5.16 Å². The molecule has 25 heavy (non-hydrogen) atoms. The molecule has 1 aliphatic carbocycles. The lowest BCUT2D eigenvalue weighted by Crippen LogP contribution is -2.50. The summed E-state index contributed by atoms with van der Waals surface area (Å²) in [6.07, 6.45) is 2.61. The molecule has 3 fully saturated rings. The number of nitrogens with zero attached hydrogens (tertiary/aromatic N) is 4. The van der Waals surface area contributed by atoms with Crippen molar-refractivity contribution in [2.75, 3.05) is 32.7 Å². The number of carbonyl (C=O) groups excluding carboxylic acids is 2. The van der Waals surface area contributed by atoms with E-state index >= 15 is 0 Å². The summed E-state index contributed by atoms with van der Waals surface area (Å²) >= 11 is 0. The number of rotatable bonds is 4. The third kappa shape index (κ3) is 3.29. The highest BCUT2D eigenvalue weighted by Crippen LogP contribution is 2.33. The van der Waals surface area contributed by atoms with Crippen LogP contribution in [0.25, 0.3) is 0 Å². The fourth-order valence-corrected chi connectivity index (χ4v) is 3.97. The van der Waals surface area contributed by atoms with Crippen LogP contribution in [0.1, 0.15) is 36.3 Å². The van der Waals surface area contributed by atoms with Gasteiger partial charge in [0, 0.05) is 57.3 Å². The van der Waals surface area contributed by atoms with Crippen molar-refractivity contribution in [3.63, 3.8) is 0 Å². The molecule has 7 nitrogen and oxygen atoms in total. The third-order valence-corrected chi connectivity index (χ3v) is 5.74. The second-order valence-corrected chi connectivity index (χ2v) is 7.58. The van der Waals surface area contributed by atoms with Crippen LogP contribution in [-0.2, 0) is 16.1 Å². The second kappa shape index (κ2) is 6.44. The SMILES string of the molecule is Cc1noc(C)c1CN1CCN(C(=O)C2CC(=O)N(C3CC3)C2)CC1. The lowest BCUT2D eigenvalue weighted by molar-refractivity contribution is -0.137. The van der Waals surface area contributed by atoms with E-state index in [1.807, 2.05) is 23.6 Å². The van der Waals surface area contributed by atoms with E-state index in [0.717, 1.165) is 62.6 Å². The summed E-state index contributed by atoms with van der Waals surface area (Å²) < 4.78 is 5.23. The van der Waals surface area contributed by atoms with Gasteiger partial charge in [0.15, 0.2) is 0 Å². The quantitative estimate of drug-likeness (QED) is 0.812. The van der Waals surface area contributed by atoms with Crippen LogP contribution in [0.3, 0.4) is 0 Å². The van der Waals surface area contributed by atoms with Gasteiger partial charge in [0.1, 0.15) is 5.76 Å². The van der Waals surface area contributed by atoms with Gasteiger partial charge >= 0.3 is 0 Å². The molecular weight excluding hydrogens is 320 g/mol. The van der Waals surface area contributed by atoms with Crippen molar-refractivity contribution in [3.05, 3.63) is 17.0 Å². The highest BCUT2D eigenvalue weighted by atomic mass is 16.5. The molecule has 7 heteroatoms. The summed E-state index contributed by atoms with van der Waals surface area (Å²) in [5.41, 5.74) is 2.10. The number of aryl methyl sites for hydroxylation is 2. The highest BCUT2D eigenvalue weighted by Gasteiger charge is 2.43. The Bertz CT molecular complexity index is 654. The molecule has 0 aromatic carbocycles. The summed E-state index contributed by atoms with van der Waals surface area (Å²) in [4.78, 5) is 31.1. The molecule has 1 saturated carbocycles. The summed E-state index contributed by atoms with van der Waals surface area (Å²) in [5, 5.41) is 4.01. The molecule has 2 amide bonds. The molecule has 0 bridgehead atoms. The molecule has 1 unspecified atom stereocenters. The minimum absolute atomic E-state index is 0.137. The zero-order valence-corrected chi connectivity index (χ0v) is 15.0. The number of likely N-dealkylation sites (tertiary alicyclic amines) is 1. The number of piperazine rings is 1. The molecule has 1 atom stereocenters. The number of hydrogen-bond acceptors (Lipinski definition) is 5. The van der Waals surface area contributed by atoms with E-state index in [9.17, 15) is 9.59 Å². The van der Waals surface area contributed by atoms with Gasteiger partial charge < -0.3 is 14.3 Å². The molecule has 1 aromatic heterocycles. The van der Waals surface area contributed by atoms with Gasteiger partial charge in [-0.25, -0.2) is 0 Å². The number of aromatic nitrogens is 1. The van der Waals surface area contributed by atoms with Crippen molar-refractivity contribution in [1.82, 2.24) is 19.9 Å². The van der Waals surface area contributed by atoms with E-state index < -0.39 is 0 Å². The maximum atomic E-state index is 12.8. The first-order valence-electron chi connectivity index (χ1n) is 9.25. The number of hydrogen-bond donors (Lipinski definition) is 0. The average molecular weight is 346 g/mol. The monoisotopic (exact) mass is 346 g/mol. The minimum Gasteiger partial charge on any atom is -0.361 e. The van der Waals surface area contributed by atoms with Crippen LogP contribution in [0.5, 0.6) is 0 Å². The van der Waals surface area contributed by atoms with E-state index in [1.165, 1.54) is 0 Å². The first-order valence-corrected chi connectivity index (χ1v) is 9.25. The van der Waals surface area contributed by atoms with Crippen LogP contribution < -0.4 is 0 Å². The Kier molecular flexibility index (Phi) is 4.27. The Hall–Kier alpha value is -1.89. The number of amides is 2. The summed E-state index contributed by atoms with van der Waals surface area (Å²) in [6, 6.07) is 0.414. The Morgan fingerprint density at radius 1 is 1.20 bits per heavy atom. The van der Waals surface area contributed by atoms with Crippen LogP contribution in [0.4, 0.5) is 0 Å². The fourth-order valence-electron chi connectivity index (χ4n) is 3.97. The molecule has 3 heterocycles. The highest BCUT2D eigenvalue weighted by molar-refractivity contribution is 5.89. The Morgan fingerprint density at radius 3 is 2.52 bits per heavy atom. The molecule has 0 spiro atoms. The molecule has 3 aliphatic rings. The van der Waals surface area contributed by atoms with Gasteiger partial charge in [-0.15, -0.1) is 0 Å². The van der Waals surface area contributed by atoms with Gasteiger partial charge in [0.05, 0.1) is 11.6 Å². The van der Waals surface area contributed by atoms with Crippen molar-refractivity contribution in [2.24, 2.45) is 5.92 Å². The first-order chi connectivity index (χ1) is 12.0. The van der Waals surface area contributed by atoms with Gasteiger partial charge in [-0.2, -0.15) is 0 Å². The van der Waals surface area contributed by atoms with Crippen LogP contribution in [0, 0.1) is 19.8 Å². The average Bonchev–Trinajstić information content (AvgIpc) is 3.32. The molecule has 0 N–H and O–H groups in total. The maximum Gasteiger partial charge on any atom is 0.228 e. The van der Waals surface area contributed by atoms with Gasteiger partial charge in [-0.3, -0.25) is 14.5 Å². The topological polar surface area (TPSA) is 69.9 Å². The van der Waals surface area contributed by atoms with E-state index in [0.29, 0.717) is 19.0 Å². The van der Waals surface area contributed by atoms with E-state index in [-0.39, 0.29) is 17.7 Å². The van der Waals surface area contributed by atoms with E-state index in [4.69, 9.17) is 4.52 Å². The van der Waals surface area contributed by atoms with Crippen LogP contribution >= 0.6 is 0 Å². The third-order valence-electron chi connectivity index (χ3n) is 5.74. The molecule has 4 rings (SSSR count). The van der Waals surface area contributed by atoms with Crippen molar-refractivity contribution in [2.45, 2.75) is 45.7 Å². The molecule has 1 aromatic rings. The smallest absolute Gasteiger partial charge is 0.228 e. The summed E-state index contributed by atoms with van der Waals surface area (Å²) in [5.74, 6) is 1.06. The van der Waals surface area contributed by atoms with Crippen LogP contribution in [0.15, 0.2) is 4.52 Å². The lowest BCUT2D eigenvalue weighted by Gasteiger charge is -2.35. The maximum absolute atomic E-state index is 12.8. The second-order valence-electron chi connectivity index (χ2n) is 7.58. The van der Waals surface area contributed by atoms with Gasteiger partial charge in [-0.05, 0) is 26.7 Å².